The van der Waals surface area contributed by atoms with E-state index in [9.17, 15) is 18.3 Å². The average Bonchev–Trinajstić information content (AvgIpc) is 2.60. The van der Waals surface area contributed by atoms with Gasteiger partial charge in [0.15, 0.2) is 0 Å². The number of carboxylic acid groups (broad SMARTS) is 1. The van der Waals surface area contributed by atoms with Crippen LogP contribution in [0.25, 0.3) is 6.08 Å². The van der Waals surface area contributed by atoms with Gasteiger partial charge in [0.25, 0.3) is 10.1 Å². The second-order valence-electron chi connectivity index (χ2n) is 4.95. The lowest BCUT2D eigenvalue weighted by molar-refractivity contribution is -0.255. The average molecular weight is 599 g/mol. The van der Waals surface area contributed by atoms with Gasteiger partial charge in [0, 0.05) is 0 Å². The first-order chi connectivity index (χ1) is 12.2. The SMILES string of the molecule is C=Cc1ccc(S(=O)(=O)OCCOc2c(I)cc(C(=O)[O-])cc2I)cc1. The van der Waals surface area contributed by atoms with Gasteiger partial charge in [0.05, 0.1) is 18.0 Å². The molecule has 0 heterocycles. The lowest BCUT2D eigenvalue weighted by Gasteiger charge is -2.13. The van der Waals surface area contributed by atoms with E-state index in [0.29, 0.717) is 12.9 Å². The number of aromatic carboxylic acids is 1. The normalized spacial score (nSPS) is 11.2. The molecule has 138 valence electrons. The minimum Gasteiger partial charge on any atom is -0.545 e. The summed E-state index contributed by atoms with van der Waals surface area (Å²) >= 11 is 3.88. The summed E-state index contributed by atoms with van der Waals surface area (Å²) in [5.74, 6) is -0.809. The van der Waals surface area contributed by atoms with Crippen molar-refractivity contribution in [1.82, 2.24) is 0 Å². The largest absolute Gasteiger partial charge is 0.545 e. The van der Waals surface area contributed by atoms with Crippen LogP contribution in [0.2, 0.25) is 0 Å². The molecular weight excluding hydrogens is 586 g/mol. The van der Waals surface area contributed by atoms with E-state index in [0.717, 1.165) is 5.56 Å². The molecule has 0 aliphatic rings. The van der Waals surface area contributed by atoms with Crippen LogP contribution in [0.5, 0.6) is 5.75 Å². The lowest BCUT2D eigenvalue weighted by atomic mass is 10.2. The molecule has 0 saturated heterocycles. The van der Waals surface area contributed by atoms with Crippen LogP contribution < -0.4 is 9.84 Å². The van der Waals surface area contributed by atoms with E-state index in [4.69, 9.17) is 8.92 Å². The number of carbonyl (C=O) groups is 1. The Labute approximate surface area is 178 Å². The molecule has 2 aromatic rings. The van der Waals surface area contributed by atoms with E-state index in [2.05, 4.69) is 6.58 Å². The molecule has 6 nitrogen and oxygen atoms in total. The van der Waals surface area contributed by atoms with Crippen molar-refractivity contribution < 1.29 is 27.2 Å². The molecule has 0 unspecified atom stereocenters. The molecule has 2 rings (SSSR count). The van der Waals surface area contributed by atoms with Gasteiger partial charge in [-0.15, -0.1) is 0 Å². The van der Waals surface area contributed by atoms with Gasteiger partial charge in [-0.3, -0.25) is 4.18 Å². The van der Waals surface area contributed by atoms with Crippen molar-refractivity contribution in [2.45, 2.75) is 4.90 Å². The zero-order valence-electron chi connectivity index (χ0n) is 13.3. The van der Waals surface area contributed by atoms with E-state index in [1.807, 2.05) is 45.2 Å². The number of halogens is 2. The molecule has 0 aromatic heterocycles. The minimum absolute atomic E-state index is 0.0133. The third-order valence-corrected chi connectivity index (χ3v) is 6.14. The third kappa shape index (κ3) is 5.41. The van der Waals surface area contributed by atoms with Crippen molar-refractivity contribution in [1.29, 1.82) is 0 Å². The highest BCUT2D eigenvalue weighted by Crippen LogP contribution is 2.29. The summed E-state index contributed by atoms with van der Waals surface area (Å²) in [6, 6.07) is 8.99. The maximum atomic E-state index is 12.1. The Morgan fingerprint density at radius 1 is 1.12 bits per heavy atom. The summed E-state index contributed by atoms with van der Waals surface area (Å²) in [4.78, 5) is 11.0. The Balaban J connectivity index is 1.97. The third-order valence-electron chi connectivity index (χ3n) is 3.21. The number of hydrogen-bond acceptors (Lipinski definition) is 6. The second kappa shape index (κ2) is 9.15. The Hall–Kier alpha value is -1.18. The number of ether oxygens (including phenoxy) is 1. The van der Waals surface area contributed by atoms with Gasteiger partial charge in [-0.05, 0) is 80.6 Å². The van der Waals surface area contributed by atoms with Crippen molar-refractivity contribution in [2.24, 2.45) is 0 Å². The molecule has 9 heteroatoms. The number of hydrogen-bond donors (Lipinski definition) is 0. The Morgan fingerprint density at radius 2 is 1.69 bits per heavy atom. The van der Waals surface area contributed by atoms with Crippen molar-refractivity contribution in [2.75, 3.05) is 13.2 Å². The molecule has 0 saturated carbocycles. The summed E-state index contributed by atoms with van der Waals surface area (Å²) < 4.78 is 35.9. The predicted molar refractivity (Wildman–Crippen MR) is 111 cm³/mol. The number of benzene rings is 2. The van der Waals surface area contributed by atoms with Crippen LogP contribution in [-0.4, -0.2) is 27.6 Å². The first-order valence-electron chi connectivity index (χ1n) is 7.19. The summed E-state index contributed by atoms with van der Waals surface area (Å²) in [5.41, 5.74) is 0.851. The fraction of sp³-hybridized carbons (Fsp3) is 0.118. The second-order valence-corrected chi connectivity index (χ2v) is 8.89. The molecule has 0 fully saturated rings. The number of carbonyl (C=O) groups excluding carboxylic acids is 1. The number of carboxylic acids is 1. The Morgan fingerprint density at radius 3 is 2.19 bits per heavy atom. The van der Waals surface area contributed by atoms with E-state index in [1.165, 1.54) is 24.3 Å². The first-order valence-corrected chi connectivity index (χ1v) is 10.8. The zero-order chi connectivity index (χ0) is 19.3. The fourth-order valence-corrected chi connectivity index (χ4v) is 4.91. The molecule has 0 radical (unpaired) electrons. The summed E-state index contributed by atoms with van der Waals surface area (Å²) in [7, 11) is -3.88. The summed E-state index contributed by atoms with van der Waals surface area (Å²) in [6.07, 6.45) is 1.61. The van der Waals surface area contributed by atoms with Crippen LogP contribution in [0.3, 0.4) is 0 Å². The molecule has 0 N–H and O–H groups in total. The molecule has 26 heavy (non-hydrogen) atoms. The molecule has 0 aliphatic heterocycles. The zero-order valence-corrected chi connectivity index (χ0v) is 18.4. The van der Waals surface area contributed by atoms with Gasteiger partial charge in [0.1, 0.15) is 19.0 Å². The molecular formula is C17H13I2O6S-. The van der Waals surface area contributed by atoms with Gasteiger partial charge >= 0.3 is 0 Å². The van der Waals surface area contributed by atoms with Gasteiger partial charge in [-0.2, -0.15) is 8.42 Å². The molecule has 2 aromatic carbocycles. The van der Waals surface area contributed by atoms with Gasteiger partial charge in [-0.25, -0.2) is 0 Å². The standard InChI is InChI=1S/C17H14I2O6S/c1-2-11-3-5-13(6-4-11)26(22,23)25-8-7-24-16-14(18)9-12(17(20)21)10-15(16)19/h2-6,9-10H,1,7-8H2,(H,20,21)/p-1. The maximum Gasteiger partial charge on any atom is 0.297 e. The topological polar surface area (TPSA) is 92.7 Å². The van der Waals surface area contributed by atoms with Gasteiger partial charge in [0.2, 0.25) is 0 Å². The Bertz CT molecular complexity index is 900. The van der Waals surface area contributed by atoms with Crippen molar-refractivity contribution in [3.63, 3.8) is 0 Å². The maximum absolute atomic E-state index is 12.1. The van der Waals surface area contributed by atoms with Crippen LogP contribution in [0.1, 0.15) is 15.9 Å². The van der Waals surface area contributed by atoms with Crippen LogP contribution in [0.15, 0.2) is 47.9 Å². The van der Waals surface area contributed by atoms with Crippen LogP contribution in [-0.2, 0) is 14.3 Å². The molecule has 0 aliphatic carbocycles. The molecule has 0 atom stereocenters. The molecule has 0 spiro atoms. The van der Waals surface area contributed by atoms with Crippen molar-refractivity contribution in [3.05, 3.63) is 61.2 Å². The van der Waals surface area contributed by atoms with Gasteiger partial charge in [-0.1, -0.05) is 24.8 Å². The van der Waals surface area contributed by atoms with Crippen molar-refractivity contribution >= 4 is 67.3 Å². The van der Waals surface area contributed by atoms with Crippen LogP contribution in [0, 0.1) is 7.14 Å². The summed E-state index contributed by atoms with van der Waals surface area (Å²) in [5, 5.41) is 10.9. The van der Waals surface area contributed by atoms with Crippen LogP contribution in [0.4, 0.5) is 0 Å². The smallest absolute Gasteiger partial charge is 0.297 e. The summed E-state index contributed by atoms with van der Waals surface area (Å²) in [6.45, 7) is 3.41. The fourth-order valence-electron chi connectivity index (χ4n) is 1.94. The van der Waals surface area contributed by atoms with E-state index in [1.54, 1.807) is 18.2 Å². The van der Waals surface area contributed by atoms with E-state index >= 15 is 0 Å². The van der Waals surface area contributed by atoms with E-state index < -0.39 is 16.1 Å². The highest BCUT2D eigenvalue weighted by molar-refractivity contribution is 14.1. The lowest BCUT2D eigenvalue weighted by Crippen LogP contribution is -2.22. The van der Waals surface area contributed by atoms with E-state index in [-0.39, 0.29) is 23.7 Å². The number of rotatable bonds is 8. The quantitative estimate of drug-likeness (QED) is 0.264. The van der Waals surface area contributed by atoms with Gasteiger partial charge < -0.3 is 14.6 Å². The predicted octanol–water partition coefficient (Wildman–Crippen LogP) is 2.69. The monoisotopic (exact) mass is 599 g/mol. The Kier molecular flexibility index (Phi) is 7.43. The highest BCUT2D eigenvalue weighted by Gasteiger charge is 2.15. The minimum atomic E-state index is -3.88. The highest BCUT2D eigenvalue weighted by atomic mass is 127. The van der Waals surface area contributed by atoms with Crippen LogP contribution >= 0.6 is 45.2 Å². The molecule has 0 amide bonds. The molecule has 0 bridgehead atoms. The first kappa shape index (κ1) is 21.1. The van der Waals surface area contributed by atoms with Crippen molar-refractivity contribution in [3.8, 4) is 5.75 Å².